The molecular formula is C10H16N2O2. The Hall–Kier alpha value is -1.29. The third-order valence-corrected chi connectivity index (χ3v) is 2.21. The predicted molar refractivity (Wildman–Crippen MR) is 54.7 cm³/mol. The summed E-state index contributed by atoms with van der Waals surface area (Å²) in [4.78, 5) is 10.7. The van der Waals surface area contributed by atoms with Crippen molar-refractivity contribution in [2.45, 2.75) is 32.5 Å². The molecule has 0 bridgehead atoms. The van der Waals surface area contributed by atoms with Crippen LogP contribution in [0.15, 0.2) is 23.9 Å². The van der Waals surface area contributed by atoms with E-state index >= 15 is 0 Å². The van der Waals surface area contributed by atoms with Crippen molar-refractivity contribution in [2.75, 3.05) is 0 Å². The fourth-order valence-corrected chi connectivity index (χ4v) is 1.19. The molecule has 0 radical (unpaired) electrons. The van der Waals surface area contributed by atoms with Gasteiger partial charge >= 0.3 is 5.97 Å². The molecule has 0 saturated carbocycles. The van der Waals surface area contributed by atoms with Crippen LogP contribution in [0.1, 0.15) is 20.3 Å². The second-order valence-electron chi connectivity index (χ2n) is 3.38. The maximum absolute atomic E-state index is 10.7. The number of hydrogen-bond donors (Lipinski definition) is 3. The van der Waals surface area contributed by atoms with E-state index in [0.717, 1.165) is 6.42 Å². The van der Waals surface area contributed by atoms with Crippen LogP contribution in [0.2, 0.25) is 0 Å². The van der Waals surface area contributed by atoms with Crippen LogP contribution in [0.3, 0.4) is 0 Å². The van der Waals surface area contributed by atoms with Crippen LogP contribution < -0.4 is 10.6 Å². The van der Waals surface area contributed by atoms with Gasteiger partial charge in [0, 0.05) is 6.04 Å². The Morgan fingerprint density at radius 3 is 3.07 bits per heavy atom. The highest BCUT2D eigenvalue weighted by Gasteiger charge is 2.13. The van der Waals surface area contributed by atoms with Crippen molar-refractivity contribution in [1.29, 1.82) is 0 Å². The predicted octanol–water partition coefficient (Wildman–Crippen LogP) is 0.828. The standard InChI is InChI=1S/C10H16N2O2/c1-3-7(2)12-9-6-8(10(13)14)4-5-11-9/h4-7,9,11-12H,3H2,1-2H3,(H,13,14)/t7-,9?/m0/s1. The van der Waals surface area contributed by atoms with E-state index in [1.165, 1.54) is 0 Å². The molecule has 1 unspecified atom stereocenters. The summed E-state index contributed by atoms with van der Waals surface area (Å²) < 4.78 is 0. The Kier molecular flexibility index (Phi) is 3.71. The summed E-state index contributed by atoms with van der Waals surface area (Å²) in [6, 6.07) is 0.366. The van der Waals surface area contributed by atoms with Crippen LogP contribution in [-0.2, 0) is 4.79 Å². The molecule has 0 spiro atoms. The number of aliphatic carboxylic acids is 1. The van der Waals surface area contributed by atoms with E-state index in [0.29, 0.717) is 11.6 Å². The average molecular weight is 196 g/mol. The molecule has 0 amide bonds. The molecule has 2 atom stereocenters. The van der Waals surface area contributed by atoms with Gasteiger partial charge in [-0.1, -0.05) is 6.92 Å². The Morgan fingerprint density at radius 1 is 1.79 bits per heavy atom. The number of carboxylic acid groups (broad SMARTS) is 1. The number of nitrogens with one attached hydrogen (secondary N) is 2. The van der Waals surface area contributed by atoms with Crippen molar-refractivity contribution in [3.8, 4) is 0 Å². The fourth-order valence-electron chi connectivity index (χ4n) is 1.19. The van der Waals surface area contributed by atoms with Crippen LogP contribution in [0, 0.1) is 0 Å². The fraction of sp³-hybridized carbons (Fsp3) is 0.500. The lowest BCUT2D eigenvalue weighted by Crippen LogP contribution is -2.44. The van der Waals surface area contributed by atoms with Gasteiger partial charge in [0.05, 0.1) is 11.7 Å². The number of hydrogen-bond acceptors (Lipinski definition) is 3. The van der Waals surface area contributed by atoms with E-state index in [4.69, 9.17) is 5.11 Å². The lowest BCUT2D eigenvalue weighted by atomic mass is 10.1. The lowest BCUT2D eigenvalue weighted by molar-refractivity contribution is -0.132. The van der Waals surface area contributed by atoms with E-state index in [1.807, 2.05) is 0 Å². The lowest BCUT2D eigenvalue weighted by Gasteiger charge is -2.22. The van der Waals surface area contributed by atoms with Crippen molar-refractivity contribution in [3.05, 3.63) is 23.9 Å². The van der Waals surface area contributed by atoms with Gasteiger partial charge in [0.2, 0.25) is 0 Å². The van der Waals surface area contributed by atoms with Gasteiger partial charge < -0.3 is 10.4 Å². The van der Waals surface area contributed by atoms with Gasteiger partial charge in [0.15, 0.2) is 0 Å². The van der Waals surface area contributed by atoms with Crippen molar-refractivity contribution >= 4 is 5.97 Å². The minimum absolute atomic E-state index is 0.0824. The first-order chi connectivity index (χ1) is 6.63. The topological polar surface area (TPSA) is 61.4 Å². The molecule has 0 fully saturated rings. The molecule has 14 heavy (non-hydrogen) atoms. The van der Waals surface area contributed by atoms with Gasteiger partial charge in [0.1, 0.15) is 0 Å². The van der Waals surface area contributed by atoms with Gasteiger partial charge in [-0.05, 0) is 31.7 Å². The van der Waals surface area contributed by atoms with Crippen molar-refractivity contribution in [2.24, 2.45) is 0 Å². The van der Waals surface area contributed by atoms with Crippen LogP contribution in [0.5, 0.6) is 0 Å². The van der Waals surface area contributed by atoms with E-state index < -0.39 is 5.97 Å². The highest BCUT2D eigenvalue weighted by molar-refractivity contribution is 5.90. The Labute approximate surface area is 83.7 Å². The van der Waals surface area contributed by atoms with Gasteiger partial charge in [-0.3, -0.25) is 5.32 Å². The molecule has 3 N–H and O–H groups in total. The molecule has 0 aromatic carbocycles. The number of carbonyl (C=O) groups is 1. The zero-order chi connectivity index (χ0) is 10.6. The molecule has 78 valence electrons. The first kappa shape index (κ1) is 10.8. The molecule has 4 heteroatoms. The van der Waals surface area contributed by atoms with Gasteiger partial charge in [-0.15, -0.1) is 0 Å². The smallest absolute Gasteiger partial charge is 0.335 e. The molecule has 1 heterocycles. The van der Waals surface area contributed by atoms with Crippen molar-refractivity contribution < 1.29 is 9.90 Å². The summed E-state index contributed by atoms with van der Waals surface area (Å²) in [7, 11) is 0. The van der Waals surface area contributed by atoms with E-state index in [2.05, 4.69) is 24.5 Å². The summed E-state index contributed by atoms with van der Waals surface area (Å²) in [6.07, 6.45) is 5.81. The van der Waals surface area contributed by atoms with Gasteiger partial charge in [-0.2, -0.15) is 0 Å². The zero-order valence-corrected chi connectivity index (χ0v) is 8.45. The summed E-state index contributed by atoms with van der Waals surface area (Å²) in [5, 5.41) is 15.1. The van der Waals surface area contributed by atoms with E-state index in [9.17, 15) is 4.79 Å². The third-order valence-electron chi connectivity index (χ3n) is 2.21. The third kappa shape index (κ3) is 2.88. The first-order valence-electron chi connectivity index (χ1n) is 4.77. The molecule has 0 aliphatic carbocycles. The Morgan fingerprint density at radius 2 is 2.50 bits per heavy atom. The molecular weight excluding hydrogens is 180 g/mol. The Balaban J connectivity index is 2.57. The number of dihydropyridines is 1. The molecule has 0 aromatic rings. The normalized spacial score (nSPS) is 22.4. The minimum atomic E-state index is -0.890. The highest BCUT2D eigenvalue weighted by Crippen LogP contribution is 2.04. The Bertz CT molecular complexity index is 271. The summed E-state index contributed by atoms with van der Waals surface area (Å²) >= 11 is 0. The summed E-state index contributed by atoms with van der Waals surface area (Å²) in [5.41, 5.74) is 0.324. The molecule has 0 aromatic heterocycles. The number of carboxylic acids is 1. The van der Waals surface area contributed by atoms with Crippen molar-refractivity contribution in [3.63, 3.8) is 0 Å². The molecule has 1 aliphatic heterocycles. The quantitative estimate of drug-likeness (QED) is 0.623. The van der Waals surface area contributed by atoms with Gasteiger partial charge in [0.25, 0.3) is 0 Å². The van der Waals surface area contributed by atoms with Crippen LogP contribution in [0.4, 0.5) is 0 Å². The van der Waals surface area contributed by atoms with E-state index in [1.54, 1.807) is 18.4 Å². The SMILES string of the molecule is CC[C@H](C)NC1C=C(C(=O)O)C=CN1. The van der Waals surface area contributed by atoms with Gasteiger partial charge in [-0.25, -0.2) is 4.79 Å². The van der Waals surface area contributed by atoms with E-state index in [-0.39, 0.29) is 6.17 Å². The van der Waals surface area contributed by atoms with Crippen LogP contribution in [0.25, 0.3) is 0 Å². The second kappa shape index (κ2) is 4.81. The maximum Gasteiger partial charge on any atom is 0.335 e. The molecule has 1 aliphatic rings. The number of rotatable bonds is 4. The monoisotopic (exact) mass is 196 g/mol. The van der Waals surface area contributed by atoms with Crippen LogP contribution >= 0.6 is 0 Å². The molecule has 4 nitrogen and oxygen atoms in total. The molecule has 1 rings (SSSR count). The highest BCUT2D eigenvalue weighted by atomic mass is 16.4. The van der Waals surface area contributed by atoms with Crippen LogP contribution in [-0.4, -0.2) is 23.3 Å². The maximum atomic E-state index is 10.7. The second-order valence-corrected chi connectivity index (χ2v) is 3.38. The minimum Gasteiger partial charge on any atom is -0.478 e. The molecule has 0 saturated heterocycles. The zero-order valence-electron chi connectivity index (χ0n) is 8.45. The van der Waals surface area contributed by atoms with Crippen molar-refractivity contribution in [1.82, 2.24) is 10.6 Å². The largest absolute Gasteiger partial charge is 0.478 e. The average Bonchev–Trinajstić information content (AvgIpc) is 2.18. The summed E-state index contributed by atoms with van der Waals surface area (Å²) in [5.74, 6) is -0.890. The first-order valence-corrected chi connectivity index (χ1v) is 4.77. The summed E-state index contributed by atoms with van der Waals surface area (Å²) in [6.45, 7) is 4.15.